The molecule has 0 aliphatic carbocycles. The van der Waals surface area contributed by atoms with Crippen LogP contribution in [0.25, 0.3) is 0 Å². The first-order valence-corrected chi connectivity index (χ1v) is 7.53. The standard InChI is InChI=1S/C13H23BrN2S/c1-9(15)12(10-6-7-11(14)17-10)16(5)8-13(2,3)4/h6-7,9,12H,8,15H2,1-5H3. The second-order valence-corrected chi connectivity index (χ2v) is 8.42. The van der Waals surface area contributed by atoms with Gasteiger partial charge in [0, 0.05) is 17.5 Å². The summed E-state index contributed by atoms with van der Waals surface area (Å²) in [7, 11) is 2.16. The van der Waals surface area contributed by atoms with Gasteiger partial charge in [0.05, 0.1) is 9.83 Å². The molecule has 4 heteroatoms. The maximum absolute atomic E-state index is 6.15. The Morgan fingerprint density at radius 1 is 1.41 bits per heavy atom. The Morgan fingerprint density at radius 2 is 2.00 bits per heavy atom. The summed E-state index contributed by atoms with van der Waals surface area (Å²) >= 11 is 5.29. The van der Waals surface area contributed by atoms with E-state index in [1.807, 2.05) is 0 Å². The Hall–Kier alpha value is 0.1000. The van der Waals surface area contributed by atoms with Crippen molar-refractivity contribution in [3.05, 3.63) is 20.8 Å². The largest absolute Gasteiger partial charge is 0.326 e. The van der Waals surface area contributed by atoms with Crippen LogP contribution in [0.3, 0.4) is 0 Å². The molecule has 0 aromatic carbocycles. The molecule has 0 saturated heterocycles. The minimum atomic E-state index is 0.132. The third kappa shape index (κ3) is 4.70. The maximum atomic E-state index is 6.15. The van der Waals surface area contributed by atoms with Crippen LogP contribution in [-0.2, 0) is 0 Å². The number of rotatable bonds is 4. The Balaban J connectivity index is 2.86. The molecule has 1 rings (SSSR count). The van der Waals surface area contributed by atoms with Gasteiger partial charge in [-0.15, -0.1) is 11.3 Å². The molecule has 1 aromatic rings. The summed E-state index contributed by atoms with van der Waals surface area (Å²) in [6.07, 6.45) is 0. The topological polar surface area (TPSA) is 29.3 Å². The Bertz CT molecular complexity index is 355. The molecular weight excluding hydrogens is 296 g/mol. The number of hydrogen-bond acceptors (Lipinski definition) is 3. The summed E-state index contributed by atoms with van der Waals surface area (Å²) < 4.78 is 1.17. The van der Waals surface area contributed by atoms with Gasteiger partial charge < -0.3 is 5.73 Å². The van der Waals surface area contributed by atoms with Gasteiger partial charge in [0.25, 0.3) is 0 Å². The highest BCUT2D eigenvalue weighted by molar-refractivity contribution is 9.11. The van der Waals surface area contributed by atoms with E-state index in [9.17, 15) is 0 Å². The first-order valence-electron chi connectivity index (χ1n) is 5.92. The highest BCUT2D eigenvalue weighted by atomic mass is 79.9. The maximum Gasteiger partial charge on any atom is 0.0702 e. The molecule has 0 aliphatic rings. The summed E-state index contributed by atoms with van der Waals surface area (Å²) in [6, 6.07) is 4.70. The summed E-state index contributed by atoms with van der Waals surface area (Å²) in [4.78, 5) is 3.70. The van der Waals surface area contributed by atoms with Crippen molar-refractivity contribution in [3.63, 3.8) is 0 Å². The van der Waals surface area contributed by atoms with E-state index in [4.69, 9.17) is 5.73 Å². The van der Waals surface area contributed by atoms with Gasteiger partial charge in [0.15, 0.2) is 0 Å². The monoisotopic (exact) mass is 318 g/mol. The van der Waals surface area contributed by atoms with E-state index in [1.54, 1.807) is 11.3 Å². The van der Waals surface area contributed by atoms with E-state index in [1.165, 1.54) is 8.66 Å². The number of hydrogen-bond donors (Lipinski definition) is 1. The van der Waals surface area contributed by atoms with Crippen LogP contribution >= 0.6 is 27.3 Å². The number of thiophene rings is 1. The van der Waals surface area contributed by atoms with Crippen molar-refractivity contribution in [1.82, 2.24) is 4.90 Å². The average Bonchev–Trinajstić information content (AvgIpc) is 2.47. The van der Waals surface area contributed by atoms with Gasteiger partial charge in [-0.05, 0) is 47.4 Å². The number of likely N-dealkylation sites (N-methyl/N-ethyl adjacent to an activating group) is 1. The van der Waals surface area contributed by atoms with Gasteiger partial charge in [-0.25, -0.2) is 0 Å². The van der Waals surface area contributed by atoms with Crippen LogP contribution in [-0.4, -0.2) is 24.5 Å². The highest BCUT2D eigenvalue weighted by Crippen LogP contribution is 2.33. The lowest BCUT2D eigenvalue weighted by atomic mass is 9.94. The Kier molecular flexibility index (Phi) is 5.20. The molecule has 0 fully saturated rings. The molecule has 1 heterocycles. The molecule has 2 atom stereocenters. The highest BCUT2D eigenvalue weighted by Gasteiger charge is 2.25. The van der Waals surface area contributed by atoms with E-state index in [-0.39, 0.29) is 11.5 Å². The van der Waals surface area contributed by atoms with Crippen molar-refractivity contribution in [2.24, 2.45) is 11.1 Å². The van der Waals surface area contributed by atoms with Crippen LogP contribution in [0.4, 0.5) is 0 Å². The average molecular weight is 319 g/mol. The van der Waals surface area contributed by atoms with Crippen molar-refractivity contribution in [1.29, 1.82) is 0 Å². The van der Waals surface area contributed by atoms with Crippen LogP contribution in [0.15, 0.2) is 15.9 Å². The van der Waals surface area contributed by atoms with E-state index < -0.39 is 0 Å². The van der Waals surface area contributed by atoms with Crippen molar-refractivity contribution in [2.75, 3.05) is 13.6 Å². The predicted molar refractivity (Wildman–Crippen MR) is 80.5 cm³/mol. The van der Waals surface area contributed by atoms with Crippen molar-refractivity contribution < 1.29 is 0 Å². The molecule has 0 saturated carbocycles. The fourth-order valence-electron chi connectivity index (χ4n) is 2.21. The summed E-state index contributed by atoms with van der Waals surface area (Å²) in [5.74, 6) is 0. The summed E-state index contributed by atoms with van der Waals surface area (Å²) in [5, 5.41) is 0. The molecular formula is C13H23BrN2S. The molecule has 0 radical (unpaired) electrons. The fraction of sp³-hybridized carbons (Fsp3) is 0.692. The van der Waals surface area contributed by atoms with Gasteiger partial charge >= 0.3 is 0 Å². The lowest BCUT2D eigenvalue weighted by Crippen LogP contribution is -2.40. The minimum absolute atomic E-state index is 0.132. The fourth-order valence-corrected chi connectivity index (χ4v) is 3.92. The van der Waals surface area contributed by atoms with E-state index in [2.05, 4.69) is 67.7 Å². The second kappa shape index (κ2) is 5.83. The van der Waals surface area contributed by atoms with Gasteiger partial charge in [0.2, 0.25) is 0 Å². The smallest absolute Gasteiger partial charge is 0.0702 e. The molecule has 17 heavy (non-hydrogen) atoms. The minimum Gasteiger partial charge on any atom is -0.326 e. The Morgan fingerprint density at radius 3 is 2.35 bits per heavy atom. The SMILES string of the molecule is CC(N)C(c1ccc(Br)s1)N(C)CC(C)(C)C. The molecule has 1 aromatic heterocycles. The molecule has 2 nitrogen and oxygen atoms in total. The van der Waals surface area contributed by atoms with Crippen molar-refractivity contribution >= 4 is 27.3 Å². The number of halogens is 1. The van der Waals surface area contributed by atoms with Crippen molar-refractivity contribution in [2.45, 2.75) is 39.8 Å². The molecule has 98 valence electrons. The molecule has 0 bridgehead atoms. The van der Waals surface area contributed by atoms with Crippen LogP contribution < -0.4 is 5.73 Å². The first-order chi connectivity index (χ1) is 7.70. The quantitative estimate of drug-likeness (QED) is 0.912. The molecule has 2 unspecified atom stereocenters. The molecule has 0 amide bonds. The number of nitrogens with zero attached hydrogens (tertiary/aromatic N) is 1. The zero-order valence-electron chi connectivity index (χ0n) is 11.3. The van der Waals surface area contributed by atoms with E-state index in [0.29, 0.717) is 6.04 Å². The van der Waals surface area contributed by atoms with Crippen LogP contribution in [0.1, 0.15) is 38.6 Å². The third-order valence-electron chi connectivity index (χ3n) is 2.58. The zero-order chi connectivity index (χ0) is 13.2. The van der Waals surface area contributed by atoms with E-state index >= 15 is 0 Å². The van der Waals surface area contributed by atoms with Gasteiger partial charge in [0.1, 0.15) is 0 Å². The van der Waals surface area contributed by atoms with Gasteiger partial charge in [-0.1, -0.05) is 20.8 Å². The molecule has 2 N–H and O–H groups in total. The first kappa shape index (κ1) is 15.2. The Labute approximate surface area is 117 Å². The van der Waals surface area contributed by atoms with Crippen LogP contribution in [0.2, 0.25) is 0 Å². The van der Waals surface area contributed by atoms with Crippen LogP contribution in [0.5, 0.6) is 0 Å². The molecule has 0 spiro atoms. The predicted octanol–water partition coefficient (Wildman–Crippen LogP) is 3.88. The second-order valence-electron chi connectivity index (χ2n) is 5.92. The van der Waals surface area contributed by atoms with Gasteiger partial charge in [-0.3, -0.25) is 4.90 Å². The summed E-state index contributed by atoms with van der Waals surface area (Å²) in [6.45, 7) is 9.89. The van der Waals surface area contributed by atoms with Crippen LogP contribution in [0, 0.1) is 5.41 Å². The van der Waals surface area contributed by atoms with E-state index in [0.717, 1.165) is 6.54 Å². The third-order valence-corrected chi connectivity index (χ3v) is 4.28. The number of nitrogens with two attached hydrogens (primary N) is 1. The summed E-state index contributed by atoms with van der Waals surface area (Å²) in [5.41, 5.74) is 6.44. The van der Waals surface area contributed by atoms with Crippen molar-refractivity contribution in [3.8, 4) is 0 Å². The lowest BCUT2D eigenvalue weighted by molar-refractivity contribution is 0.159. The molecule has 0 aliphatic heterocycles. The normalized spacial score (nSPS) is 16.2. The zero-order valence-corrected chi connectivity index (χ0v) is 13.7. The lowest BCUT2D eigenvalue weighted by Gasteiger charge is -2.35. The van der Waals surface area contributed by atoms with Gasteiger partial charge in [-0.2, -0.15) is 0 Å².